The van der Waals surface area contributed by atoms with Gasteiger partial charge in [-0.05, 0) is 35.9 Å². The topological polar surface area (TPSA) is 168 Å². The summed E-state index contributed by atoms with van der Waals surface area (Å²) in [6.07, 6.45) is -1.24. The normalized spacial score (nSPS) is 12.7. The highest BCUT2D eigenvalue weighted by atomic mass is 16.6. The first-order chi connectivity index (χ1) is 17.5. The highest BCUT2D eigenvalue weighted by molar-refractivity contribution is 5.96. The van der Waals surface area contributed by atoms with E-state index in [0.717, 1.165) is 0 Å². The van der Waals surface area contributed by atoms with E-state index in [4.69, 9.17) is 10.5 Å². The van der Waals surface area contributed by atoms with E-state index in [-0.39, 0.29) is 11.8 Å². The molecule has 2 heterocycles. The number of benzene rings is 3. The molecule has 0 aliphatic heterocycles. The molecule has 0 radical (unpaired) electrons. The molecule has 11 nitrogen and oxygen atoms in total. The number of para-hydroxylation sites is 2. The molecule has 0 bridgehead atoms. The number of anilines is 2. The number of fused-ring (bicyclic) bond motifs is 2. The third-order valence-corrected chi connectivity index (χ3v) is 5.41. The molecule has 5 aromatic rings. The van der Waals surface area contributed by atoms with Crippen LogP contribution in [0.4, 0.5) is 16.4 Å². The minimum Gasteiger partial charge on any atom is -0.390 e. The monoisotopic (exact) mass is 483 g/mol. The minimum atomic E-state index is -1.65. The van der Waals surface area contributed by atoms with Gasteiger partial charge in [-0.15, -0.1) is 0 Å². The van der Waals surface area contributed by atoms with E-state index < -0.39 is 24.1 Å². The van der Waals surface area contributed by atoms with E-state index in [9.17, 15) is 14.7 Å². The van der Waals surface area contributed by atoms with Gasteiger partial charge in [0.05, 0.1) is 34.3 Å². The molecule has 2 amide bonds. The molecule has 6 N–H and O–H groups in total. The number of rotatable bonds is 6. The Morgan fingerprint density at radius 2 is 1.69 bits per heavy atom. The van der Waals surface area contributed by atoms with Gasteiger partial charge < -0.3 is 31.2 Å². The number of H-pyrrole nitrogens is 1. The Balaban J connectivity index is 1.33. The lowest BCUT2D eigenvalue weighted by molar-refractivity contribution is -0.125. The number of carbonyl (C=O) groups excluding carboxylic acids is 2. The fourth-order valence-electron chi connectivity index (χ4n) is 3.72. The summed E-state index contributed by atoms with van der Waals surface area (Å²) in [6, 6.07) is 19.6. The minimum absolute atomic E-state index is 0.0240. The van der Waals surface area contributed by atoms with Gasteiger partial charge in [-0.1, -0.05) is 42.5 Å². The number of hydrogen-bond donors (Lipinski definition) is 5. The maximum atomic E-state index is 12.9. The van der Waals surface area contributed by atoms with E-state index >= 15 is 0 Å². The second-order valence-corrected chi connectivity index (χ2v) is 7.91. The van der Waals surface area contributed by atoms with Gasteiger partial charge in [0.1, 0.15) is 0 Å². The van der Waals surface area contributed by atoms with Crippen LogP contribution in [0.25, 0.3) is 22.1 Å². The quantitative estimate of drug-likeness (QED) is 0.246. The molecule has 0 fully saturated rings. The Morgan fingerprint density at radius 3 is 2.50 bits per heavy atom. The fraction of sp³-hybridized carbons (Fsp3) is 0.0800. The maximum absolute atomic E-state index is 12.9. The summed E-state index contributed by atoms with van der Waals surface area (Å²) in [7, 11) is 0. The van der Waals surface area contributed by atoms with Crippen LogP contribution in [0.15, 0.2) is 79.0 Å². The number of nitrogens with two attached hydrogens (primary N) is 1. The molecule has 0 saturated heterocycles. The van der Waals surface area contributed by atoms with Crippen molar-refractivity contribution in [1.29, 1.82) is 0 Å². The zero-order valence-corrected chi connectivity index (χ0v) is 18.8. The number of imidazole rings is 1. The van der Waals surface area contributed by atoms with Crippen LogP contribution in [0.3, 0.4) is 0 Å². The molecule has 36 heavy (non-hydrogen) atoms. The molecule has 11 heteroatoms. The lowest BCUT2D eigenvalue weighted by atomic mass is 10.0. The number of aromatic nitrogens is 4. The van der Waals surface area contributed by atoms with Crippen molar-refractivity contribution in [1.82, 2.24) is 25.3 Å². The summed E-state index contributed by atoms with van der Waals surface area (Å²) in [4.78, 5) is 41.1. The van der Waals surface area contributed by atoms with Gasteiger partial charge in [0, 0.05) is 5.69 Å². The largest absolute Gasteiger partial charge is 0.414 e. The predicted molar refractivity (Wildman–Crippen MR) is 133 cm³/mol. The van der Waals surface area contributed by atoms with Gasteiger partial charge in [0.15, 0.2) is 12.1 Å². The summed E-state index contributed by atoms with van der Waals surface area (Å²) in [5.41, 5.74) is 9.04. The molecule has 2 unspecified atom stereocenters. The Labute approximate surface area is 204 Å². The summed E-state index contributed by atoms with van der Waals surface area (Å²) in [5.74, 6) is -0.512. The molecule has 2 aromatic heterocycles. The third kappa shape index (κ3) is 4.91. The van der Waals surface area contributed by atoms with Gasteiger partial charge in [-0.2, -0.15) is 0 Å². The number of aliphatic hydroxyl groups is 1. The molecule has 180 valence electrons. The number of hydrogen-bond acceptors (Lipinski definition) is 8. The SMILES string of the molecule is Nc1nc2ccc(NC(=O)C(O)C(NC(=O)Oc3cnc4ccccc4n3)c3ccccc3)cc2[nH]1. The Kier molecular flexibility index (Phi) is 6.12. The predicted octanol–water partition coefficient (Wildman–Crippen LogP) is 2.92. The standard InChI is InChI=1S/C25H21N7O4/c26-24-30-18-11-10-15(12-19(18)31-24)28-23(34)22(33)21(14-6-2-1-3-7-14)32-25(35)36-20-13-27-16-8-4-5-9-17(16)29-20/h1-13,21-22,33H,(H,28,34)(H,32,35)(H3,26,30,31). The number of aliphatic hydroxyl groups excluding tert-OH is 1. The zero-order valence-electron chi connectivity index (χ0n) is 18.8. The van der Waals surface area contributed by atoms with Crippen LogP contribution in [0.1, 0.15) is 11.6 Å². The summed E-state index contributed by atoms with van der Waals surface area (Å²) >= 11 is 0. The number of nitrogen functional groups attached to an aromatic ring is 1. The van der Waals surface area contributed by atoms with Crippen molar-refractivity contribution in [2.45, 2.75) is 12.1 Å². The maximum Gasteiger partial charge on any atom is 0.414 e. The molecule has 0 aliphatic carbocycles. The second-order valence-electron chi connectivity index (χ2n) is 7.91. The van der Waals surface area contributed by atoms with E-state index in [2.05, 4.69) is 30.6 Å². The molecule has 5 rings (SSSR count). The van der Waals surface area contributed by atoms with E-state index in [1.165, 1.54) is 6.20 Å². The number of nitrogens with one attached hydrogen (secondary N) is 3. The molecular weight excluding hydrogens is 462 g/mol. The van der Waals surface area contributed by atoms with Gasteiger partial charge in [0.25, 0.3) is 5.91 Å². The van der Waals surface area contributed by atoms with Crippen LogP contribution in [0.5, 0.6) is 5.88 Å². The molecule has 2 atom stereocenters. The fourth-order valence-corrected chi connectivity index (χ4v) is 3.72. The van der Waals surface area contributed by atoms with E-state index in [0.29, 0.717) is 33.3 Å². The third-order valence-electron chi connectivity index (χ3n) is 5.41. The molecule has 0 saturated carbocycles. The smallest absolute Gasteiger partial charge is 0.390 e. The first-order valence-electron chi connectivity index (χ1n) is 11.0. The second kappa shape index (κ2) is 9.68. The Morgan fingerprint density at radius 1 is 0.944 bits per heavy atom. The van der Waals surface area contributed by atoms with Crippen molar-refractivity contribution in [2.75, 3.05) is 11.1 Å². The van der Waals surface area contributed by atoms with Crippen LogP contribution >= 0.6 is 0 Å². The number of nitrogens with zero attached hydrogens (tertiary/aromatic N) is 3. The summed E-state index contributed by atoms with van der Waals surface area (Å²) in [6.45, 7) is 0. The Bertz CT molecular complexity index is 1550. The summed E-state index contributed by atoms with van der Waals surface area (Å²) in [5, 5.41) is 16.1. The molecule has 0 spiro atoms. The molecule has 3 aromatic carbocycles. The van der Waals surface area contributed by atoms with Crippen molar-refractivity contribution in [2.24, 2.45) is 0 Å². The number of ether oxygens (including phenoxy) is 1. The highest BCUT2D eigenvalue weighted by Gasteiger charge is 2.30. The van der Waals surface area contributed by atoms with Crippen molar-refractivity contribution in [3.05, 3.63) is 84.6 Å². The number of carbonyl (C=O) groups is 2. The zero-order chi connectivity index (χ0) is 25.1. The summed E-state index contributed by atoms with van der Waals surface area (Å²) < 4.78 is 5.28. The number of aromatic amines is 1. The highest BCUT2D eigenvalue weighted by Crippen LogP contribution is 2.22. The van der Waals surface area contributed by atoms with Gasteiger partial charge >= 0.3 is 6.09 Å². The Hall–Kier alpha value is -5.03. The van der Waals surface area contributed by atoms with E-state index in [1.807, 2.05) is 6.07 Å². The lowest BCUT2D eigenvalue weighted by Gasteiger charge is -2.23. The van der Waals surface area contributed by atoms with Gasteiger partial charge in [-0.3, -0.25) is 4.79 Å². The average molecular weight is 483 g/mol. The van der Waals surface area contributed by atoms with Crippen molar-refractivity contribution >= 4 is 45.7 Å². The molecule has 0 aliphatic rings. The van der Waals surface area contributed by atoms with Crippen molar-refractivity contribution in [3.8, 4) is 5.88 Å². The van der Waals surface area contributed by atoms with Crippen LogP contribution in [-0.2, 0) is 4.79 Å². The van der Waals surface area contributed by atoms with Crippen molar-refractivity contribution < 1.29 is 19.4 Å². The van der Waals surface area contributed by atoms with Crippen LogP contribution in [0, 0.1) is 0 Å². The lowest BCUT2D eigenvalue weighted by Crippen LogP contribution is -2.43. The van der Waals surface area contributed by atoms with Gasteiger partial charge in [0.2, 0.25) is 5.88 Å². The van der Waals surface area contributed by atoms with Crippen LogP contribution in [0.2, 0.25) is 0 Å². The van der Waals surface area contributed by atoms with E-state index in [1.54, 1.807) is 66.7 Å². The average Bonchev–Trinajstić information content (AvgIpc) is 3.26. The molecular formula is C25H21N7O4. The van der Waals surface area contributed by atoms with Crippen molar-refractivity contribution in [3.63, 3.8) is 0 Å². The van der Waals surface area contributed by atoms with Gasteiger partial charge in [-0.25, -0.2) is 19.7 Å². The first-order valence-corrected chi connectivity index (χ1v) is 11.0. The first kappa shape index (κ1) is 22.7. The number of amides is 2. The van der Waals surface area contributed by atoms with Crippen LogP contribution < -0.4 is 21.1 Å². The van der Waals surface area contributed by atoms with Crippen LogP contribution in [-0.4, -0.2) is 43.1 Å².